The highest BCUT2D eigenvalue weighted by Crippen LogP contribution is 2.28. The number of pyridine rings is 1. The Morgan fingerprint density at radius 2 is 1.83 bits per heavy atom. The molecule has 3 rings (SSSR count). The van der Waals surface area contributed by atoms with E-state index in [2.05, 4.69) is 15.7 Å². The van der Waals surface area contributed by atoms with Crippen molar-refractivity contribution < 1.29 is 14.5 Å². The molecule has 0 bridgehead atoms. The van der Waals surface area contributed by atoms with Crippen LogP contribution in [0.5, 0.6) is 0 Å². The minimum Gasteiger partial charge on any atom is -0.444 e. The number of hydrogen-bond donors (Lipinski definition) is 2. The lowest BCUT2D eigenvalue weighted by Gasteiger charge is -2.33. The third-order valence-corrected chi connectivity index (χ3v) is 4.62. The Morgan fingerprint density at radius 1 is 1.17 bits per heavy atom. The summed E-state index contributed by atoms with van der Waals surface area (Å²) >= 11 is 0. The Hall–Kier alpha value is -3.20. The number of carbonyl (C=O) groups excluding carboxylic acids is 1. The number of nitrogens with zero attached hydrogens (tertiary/aromatic N) is 3. The predicted molar refractivity (Wildman–Crippen MR) is 114 cm³/mol. The van der Waals surface area contributed by atoms with Gasteiger partial charge in [0.25, 0.3) is 0 Å². The van der Waals surface area contributed by atoms with Crippen LogP contribution in [0, 0.1) is 10.1 Å². The molecule has 0 unspecified atom stereocenters. The van der Waals surface area contributed by atoms with Crippen molar-refractivity contribution in [3.8, 4) is 11.3 Å². The van der Waals surface area contributed by atoms with Crippen LogP contribution in [-0.2, 0) is 4.74 Å². The Morgan fingerprint density at radius 3 is 2.43 bits per heavy atom. The van der Waals surface area contributed by atoms with Crippen molar-refractivity contribution in [3.63, 3.8) is 0 Å². The van der Waals surface area contributed by atoms with Gasteiger partial charge in [0.15, 0.2) is 0 Å². The number of benzene rings is 1. The fourth-order valence-corrected chi connectivity index (χ4v) is 3.21. The zero-order valence-electron chi connectivity index (χ0n) is 17.4. The van der Waals surface area contributed by atoms with Gasteiger partial charge in [-0.2, -0.15) is 0 Å². The largest absolute Gasteiger partial charge is 0.444 e. The summed E-state index contributed by atoms with van der Waals surface area (Å²) in [5.74, 6) is 0.208. The van der Waals surface area contributed by atoms with Crippen molar-refractivity contribution in [2.45, 2.75) is 45.3 Å². The quantitative estimate of drug-likeness (QED) is 0.564. The van der Waals surface area contributed by atoms with Gasteiger partial charge in [0.2, 0.25) is 5.82 Å². The lowest BCUT2D eigenvalue weighted by molar-refractivity contribution is -0.384. The van der Waals surface area contributed by atoms with E-state index in [-0.39, 0.29) is 17.5 Å². The van der Waals surface area contributed by atoms with E-state index in [1.165, 1.54) is 6.07 Å². The molecule has 0 spiro atoms. The van der Waals surface area contributed by atoms with Gasteiger partial charge in [-0.25, -0.2) is 14.8 Å². The average Bonchev–Trinajstić information content (AvgIpc) is 2.68. The number of anilines is 1. The second-order valence-corrected chi connectivity index (χ2v) is 8.21. The molecule has 2 N–H and O–H groups in total. The first-order chi connectivity index (χ1) is 14.2. The van der Waals surface area contributed by atoms with Crippen LogP contribution in [0.1, 0.15) is 33.6 Å². The molecule has 1 aromatic carbocycles. The SMILES string of the molecule is CC(C)(C)OC(=O)NC1CCN(Nc2nc(-c3ccccc3)ccc2[N+](=O)[O-])CC1. The lowest BCUT2D eigenvalue weighted by atomic mass is 10.1. The first-order valence-electron chi connectivity index (χ1n) is 9.93. The molecule has 1 aliphatic heterocycles. The Bertz CT molecular complexity index is 890. The number of ether oxygens (including phenoxy) is 1. The van der Waals surface area contributed by atoms with Crippen LogP contribution in [0.25, 0.3) is 11.3 Å². The molecule has 0 radical (unpaired) electrons. The first kappa shape index (κ1) is 21.5. The highest BCUT2D eigenvalue weighted by atomic mass is 16.6. The number of rotatable bonds is 5. The van der Waals surface area contributed by atoms with Gasteiger partial charge < -0.3 is 10.1 Å². The zero-order valence-corrected chi connectivity index (χ0v) is 17.4. The highest BCUT2D eigenvalue weighted by Gasteiger charge is 2.25. The smallest absolute Gasteiger partial charge is 0.407 e. The summed E-state index contributed by atoms with van der Waals surface area (Å²) in [7, 11) is 0. The minimum absolute atomic E-state index is 0.00324. The second kappa shape index (κ2) is 9.08. The van der Waals surface area contributed by atoms with Crippen molar-refractivity contribution in [2.75, 3.05) is 18.5 Å². The first-order valence-corrected chi connectivity index (χ1v) is 9.93. The van der Waals surface area contributed by atoms with Gasteiger partial charge in [-0.3, -0.25) is 15.5 Å². The van der Waals surface area contributed by atoms with Gasteiger partial charge in [-0.1, -0.05) is 30.3 Å². The molecule has 1 amide bonds. The van der Waals surface area contributed by atoms with Crippen molar-refractivity contribution in [2.24, 2.45) is 0 Å². The normalized spacial score (nSPS) is 15.4. The number of hydrazine groups is 1. The molecule has 1 fully saturated rings. The van der Waals surface area contributed by atoms with E-state index in [1.807, 2.05) is 56.1 Å². The number of aromatic nitrogens is 1. The summed E-state index contributed by atoms with van der Waals surface area (Å²) in [4.78, 5) is 27.4. The molecule has 1 aromatic heterocycles. The van der Waals surface area contributed by atoms with Gasteiger partial charge >= 0.3 is 11.8 Å². The number of carbonyl (C=O) groups is 1. The van der Waals surface area contributed by atoms with Crippen LogP contribution in [0.2, 0.25) is 0 Å². The molecule has 1 aliphatic rings. The van der Waals surface area contributed by atoms with Gasteiger partial charge in [-0.15, -0.1) is 0 Å². The molecule has 2 aromatic rings. The third kappa shape index (κ3) is 5.90. The van der Waals surface area contributed by atoms with Crippen LogP contribution in [0.4, 0.5) is 16.3 Å². The fourth-order valence-electron chi connectivity index (χ4n) is 3.21. The molecule has 30 heavy (non-hydrogen) atoms. The Kier molecular flexibility index (Phi) is 6.51. The summed E-state index contributed by atoms with van der Waals surface area (Å²) in [5, 5.41) is 16.2. The van der Waals surface area contributed by atoms with Crippen LogP contribution in [0.15, 0.2) is 42.5 Å². The number of nitro groups is 1. The molecule has 0 saturated carbocycles. The number of alkyl carbamates (subject to hydrolysis) is 1. The predicted octanol–water partition coefficient (Wildman–Crippen LogP) is 3.97. The van der Waals surface area contributed by atoms with Crippen molar-refractivity contribution in [3.05, 3.63) is 52.6 Å². The summed E-state index contributed by atoms with van der Waals surface area (Å²) in [6.45, 7) is 6.68. The monoisotopic (exact) mass is 413 g/mol. The molecular formula is C21H27N5O4. The average molecular weight is 413 g/mol. The van der Waals surface area contributed by atoms with E-state index < -0.39 is 16.6 Å². The van der Waals surface area contributed by atoms with Gasteiger partial charge in [-0.05, 0) is 39.7 Å². The molecule has 0 atom stereocenters. The topological polar surface area (TPSA) is 110 Å². The number of nitrogens with one attached hydrogen (secondary N) is 2. The summed E-state index contributed by atoms with van der Waals surface area (Å²) in [6.07, 6.45) is 0.957. The standard InChI is InChI=1S/C21H27N5O4/c1-21(2,3)30-20(27)22-16-11-13-25(14-12-16)24-19-18(26(28)29)10-9-17(23-19)15-7-5-4-6-8-15/h4-10,16H,11-14H2,1-3H3,(H,22,27)(H,23,24). The maximum Gasteiger partial charge on any atom is 0.407 e. The molecule has 2 heterocycles. The number of amides is 1. The van der Waals surface area contributed by atoms with E-state index in [1.54, 1.807) is 6.07 Å². The second-order valence-electron chi connectivity index (χ2n) is 8.21. The van der Waals surface area contributed by atoms with Crippen LogP contribution in [0.3, 0.4) is 0 Å². The van der Waals surface area contributed by atoms with E-state index in [0.717, 1.165) is 5.56 Å². The molecule has 1 saturated heterocycles. The van der Waals surface area contributed by atoms with E-state index in [9.17, 15) is 14.9 Å². The molecule has 9 heteroatoms. The van der Waals surface area contributed by atoms with Gasteiger partial charge in [0.05, 0.1) is 10.6 Å². The number of piperidine rings is 1. The van der Waals surface area contributed by atoms with E-state index in [4.69, 9.17) is 4.74 Å². The molecular weight excluding hydrogens is 386 g/mol. The molecule has 160 valence electrons. The van der Waals surface area contributed by atoms with Crippen molar-refractivity contribution in [1.29, 1.82) is 0 Å². The summed E-state index contributed by atoms with van der Waals surface area (Å²) in [5.41, 5.74) is 4.01. The Labute approximate surface area is 175 Å². The maximum absolute atomic E-state index is 11.9. The lowest BCUT2D eigenvalue weighted by Crippen LogP contribution is -2.47. The summed E-state index contributed by atoms with van der Waals surface area (Å²) in [6, 6.07) is 12.6. The van der Waals surface area contributed by atoms with Crippen molar-refractivity contribution in [1.82, 2.24) is 15.3 Å². The molecule has 0 aliphatic carbocycles. The highest BCUT2D eigenvalue weighted by molar-refractivity contribution is 5.68. The fraction of sp³-hybridized carbons (Fsp3) is 0.429. The Balaban J connectivity index is 1.64. The van der Waals surface area contributed by atoms with Crippen molar-refractivity contribution >= 4 is 17.6 Å². The zero-order chi connectivity index (χ0) is 21.7. The third-order valence-electron chi connectivity index (χ3n) is 4.62. The number of hydrogen-bond acceptors (Lipinski definition) is 7. The molecule has 9 nitrogen and oxygen atoms in total. The van der Waals surface area contributed by atoms with Crippen LogP contribution >= 0.6 is 0 Å². The van der Waals surface area contributed by atoms with Gasteiger partial charge in [0, 0.05) is 30.8 Å². The van der Waals surface area contributed by atoms with Crippen LogP contribution < -0.4 is 10.7 Å². The summed E-state index contributed by atoms with van der Waals surface area (Å²) < 4.78 is 5.30. The minimum atomic E-state index is -0.541. The van der Waals surface area contributed by atoms with Gasteiger partial charge in [0.1, 0.15) is 5.60 Å². The maximum atomic E-state index is 11.9. The van der Waals surface area contributed by atoms with E-state index in [0.29, 0.717) is 31.6 Å². The van der Waals surface area contributed by atoms with Crippen LogP contribution in [-0.4, -0.2) is 45.7 Å². The van der Waals surface area contributed by atoms with E-state index >= 15 is 0 Å².